The lowest BCUT2D eigenvalue weighted by molar-refractivity contribution is 0.383. The highest BCUT2D eigenvalue weighted by atomic mass is 79.9. The van der Waals surface area contributed by atoms with Crippen molar-refractivity contribution in [2.24, 2.45) is 0 Å². The largest absolute Gasteiger partial charge is 0.497 e. The van der Waals surface area contributed by atoms with Gasteiger partial charge in [0.2, 0.25) is 0 Å². The second kappa shape index (κ2) is 6.15. The van der Waals surface area contributed by atoms with E-state index < -0.39 is 10.2 Å². The molecule has 0 bridgehead atoms. The van der Waals surface area contributed by atoms with Crippen LogP contribution in [0, 0.1) is 5.82 Å². The van der Waals surface area contributed by atoms with Gasteiger partial charge >= 0.3 is 0 Å². The molecule has 2 atom stereocenters. The van der Waals surface area contributed by atoms with Gasteiger partial charge in [0.1, 0.15) is 10.1 Å². The molecule has 6 heteroatoms. The van der Waals surface area contributed by atoms with E-state index in [9.17, 15) is 4.39 Å². The van der Waals surface area contributed by atoms with Crippen molar-refractivity contribution in [3.05, 3.63) is 57.8 Å². The van der Waals surface area contributed by atoms with E-state index in [4.69, 9.17) is 32.7 Å². The standard InChI is InChI=1S/C17H14BrCl2FO2/c1-22-11-5-3-9(4-6-11)14-15(17(14,19)20)10-7-12(18)16(23-2)13(21)8-10/h3-8,14-15H,1-2H3/t14-,15-/m1/s1. The van der Waals surface area contributed by atoms with Crippen LogP contribution in [0.1, 0.15) is 23.0 Å². The fourth-order valence-electron chi connectivity index (χ4n) is 2.92. The lowest BCUT2D eigenvalue weighted by Gasteiger charge is -2.08. The highest BCUT2D eigenvalue weighted by molar-refractivity contribution is 9.10. The SMILES string of the molecule is COc1ccc([C@@H]2[C@@H](c3cc(F)c(OC)c(Br)c3)C2(Cl)Cl)cc1. The molecule has 0 unspecified atom stereocenters. The fraction of sp³-hybridized carbons (Fsp3) is 0.294. The number of alkyl halides is 2. The van der Waals surface area contributed by atoms with Crippen molar-refractivity contribution in [3.8, 4) is 11.5 Å². The van der Waals surface area contributed by atoms with Crippen LogP contribution in [0.2, 0.25) is 0 Å². The smallest absolute Gasteiger partial charge is 0.168 e. The number of halogens is 4. The summed E-state index contributed by atoms with van der Waals surface area (Å²) in [6.07, 6.45) is 0. The normalized spacial score (nSPS) is 21.8. The van der Waals surface area contributed by atoms with Crippen molar-refractivity contribution in [2.45, 2.75) is 16.2 Å². The van der Waals surface area contributed by atoms with Gasteiger partial charge < -0.3 is 9.47 Å². The van der Waals surface area contributed by atoms with Crippen LogP contribution < -0.4 is 9.47 Å². The van der Waals surface area contributed by atoms with Gasteiger partial charge in [0.25, 0.3) is 0 Å². The lowest BCUT2D eigenvalue weighted by atomic mass is 10.0. The van der Waals surface area contributed by atoms with Gasteiger partial charge in [-0.25, -0.2) is 4.39 Å². The average molecular weight is 420 g/mol. The Bertz CT molecular complexity index is 711. The van der Waals surface area contributed by atoms with Gasteiger partial charge in [0.05, 0.1) is 18.7 Å². The van der Waals surface area contributed by atoms with Crippen LogP contribution in [0.4, 0.5) is 4.39 Å². The topological polar surface area (TPSA) is 18.5 Å². The summed E-state index contributed by atoms with van der Waals surface area (Å²) in [5.74, 6) is 0.206. The molecule has 1 fully saturated rings. The van der Waals surface area contributed by atoms with Gasteiger partial charge in [-0.1, -0.05) is 12.1 Å². The minimum Gasteiger partial charge on any atom is -0.497 e. The monoisotopic (exact) mass is 418 g/mol. The average Bonchev–Trinajstić information content (AvgIpc) is 3.09. The van der Waals surface area contributed by atoms with Gasteiger partial charge in [-0.15, -0.1) is 23.2 Å². The molecule has 23 heavy (non-hydrogen) atoms. The summed E-state index contributed by atoms with van der Waals surface area (Å²) < 4.78 is 23.9. The Morgan fingerprint density at radius 3 is 2.13 bits per heavy atom. The van der Waals surface area contributed by atoms with E-state index in [0.717, 1.165) is 16.9 Å². The van der Waals surface area contributed by atoms with E-state index in [1.165, 1.54) is 13.2 Å². The van der Waals surface area contributed by atoms with Gasteiger partial charge in [-0.05, 0) is 51.3 Å². The number of hydrogen-bond acceptors (Lipinski definition) is 2. The van der Waals surface area contributed by atoms with Crippen molar-refractivity contribution < 1.29 is 13.9 Å². The van der Waals surface area contributed by atoms with E-state index in [-0.39, 0.29) is 17.6 Å². The zero-order valence-corrected chi connectivity index (χ0v) is 15.5. The summed E-state index contributed by atoms with van der Waals surface area (Å²) in [6.45, 7) is 0. The molecule has 1 saturated carbocycles. The minimum absolute atomic E-state index is 0.101. The predicted octanol–water partition coefficient (Wildman–Crippen LogP) is 5.66. The van der Waals surface area contributed by atoms with Crippen LogP contribution in [0.3, 0.4) is 0 Å². The molecule has 0 N–H and O–H groups in total. The van der Waals surface area contributed by atoms with Gasteiger partial charge in [-0.3, -0.25) is 0 Å². The molecule has 0 aliphatic heterocycles. The van der Waals surface area contributed by atoms with Gasteiger partial charge in [0, 0.05) is 11.8 Å². The molecular weight excluding hydrogens is 406 g/mol. The molecule has 1 aliphatic rings. The summed E-state index contributed by atoms with van der Waals surface area (Å²) in [5, 5.41) is 0. The maximum absolute atomic E-state index is 14.1. The lowest BCUT2D eigenvalue weighted by Crippen LogP contribution is -1.95. The third-order valence-corrected chi connectivity index (χ3v) is 5.64. The Balaban J connectivity index is 1.94. The maximum Gasteiger partial charge on any atom is 0.168 e. The maximum atomic E-state index is 14.1. The van der Waals surface area contributed by atoms with Crippen LogP contribution in [0.5, 0.6) is 11.5 Å². The molecule has 2 nitrogen and oxygen atoms in total. The van der Waals surface area contributed by atoms with Gasteiger partial charge in [-0.2, -0.15) is 0 Å². The van der Waals surface area contributed by atoms with E-state index in [1.54, 1.807) is 13.2 Å². The minimum atomic E-state index is -0.963. The highest BCUT2D eigenvalue weighted by Gasteiger charge is 2.64. The van der Waals surface area contributed by atoms with Crippen molar-refractivity contribution in [1.29, 1.82) is 0 Å². The second-order valence-corrected chi connectivity index (χ2v) is 7.72. The molecular formula is C17H14BrCl2FO2. The number of methoxy groups -OCH3 is 2. The predicted molar refractivity (Wildman–Crippen MR) is 93.6 cm³/mol. The molecule has 0 aromatic heterocycles. The molecule has 122 valence electrons. The molecule has 0 amide bonds. The Hall–Kier alpha value is -0.970. The molecule has 0 spiro atoms. The zero-order chi connectivity index (χ0) is 16.8. The van der Waals surface area contributed by atoms with E-state index >= 15 is 0 Å². The number of benzene rings is 2. The van der Waals surface area contributed by atoms with Crippen LogP contribution in [-0.2, 0) is 0 Å². The first kappa shape index (κ1) is 16.9. The van der Waals surface area contributed by atoms with Crippen molar-refractivity contribution in [1.82, 2.24) is 0 Å². The highest BCUT2D eigenvalue weighted by Crippen LogP contribution is 2.70. The first-order chi connectivity index (χ1) is 10.9. The third kappa shape index (κ3) is 2.92. The van der Waals surface area contributed by atoms with Crippen LogP contribution >= 0.6 is 39.1 Å². The first-order valence-corrected chi connectivity index (χ1v) is 8.49. The van der Waals surface area contributed by atoms with E-state index in [1.807, 2.05) is 24.3 Å². The number of ether oxygens (including phenoxy) is 2. The van der Waals surface area contributed by atoms with Gasteiger partial charge in [0.15, 0.2) is 11.6 Å². The Kier molecular flexibility index (Phi) is 4.51. The molecule has 0 radical (unpaired) electrons. The molecule has 0 saturated heterocycles. The van der Waals surface area contributed by atoms with E-state index in [0.29, 0.717) is 4.47 Å². The van der Waals surface area contributed by atoms with Crippen molar-refractivity contribution in [2.75, 3.05) is 14.2 Å². The molecule has 1 aliphatic carbocycles. The molecule has 2 aromatic carbocycles. The molecule has 3 rings (SSSR count). The van der Waals surface area contributed by atoms with Crippen LogP contribution in [0.25, 0.3) is 0 Å². The Morgan fingerprint density at radius 1 is 1.00 bits per heavy atom. The van der Waals surface area contributed by atoms with Crippen LogP contribution in [-0.4, -0.2) is 18.6 Å². The second-order valence-electron chi connectivity index (χ2n) is 5.42. The first-order valence-electron chi connectivity index (χ1n) is 6.94. The van der Waals surface area contributed by atoms with Crippen molar-refractivity contribution >= 4 is 39.1 Å². The summed E-state index contributed by atoms with van der Waals surface area (Å²) in [6, 6.07) is 10.8. The quantitative estimate of drug-likeness (QED) is 0.595. The fourth-order valence-corrected chi connectivity index (χ4v) is 4.42. The van der Waals surface area contributed by atoms with Crippen molar-refractivity contribution in [3.63, 3.8) is 0 Å². The van der Waals surface area contributed by atoms with E-state index in [2.05, 4.69) is 15.9 Å². The summed E-state index contributed by atoms with van der Waals surface area (Å²) in [7, 11) is 3.04. The number of hydrogen-bond donors (Lipinski definition) is 0. The number of rotatable bonds is 4. The summed E-state index contributed by atoms with van der Waals surface area (Å²) in [4.78, 5) is 0. The third-order valence-electron chi connectivity index (χ3n) is 4.11. The summed E-state index contributed by atoms with van der Waals surface area (Å²) >= 11 is 16.2. The van der Waals surface area contributed by atoms with Crippen LogP contribution in [0.15, 0.2) is 40.9 Å². The summed E-state index contributed by atoms with van der Waals surface area (Å²) in [5.41, 5.74) is 1.73. The molecule has 2 aromatic rings. The Labute approximate surface area is 152 Å². The molecule has 0 heterocycles. The zero-order valence-electron chi connectivity index (χ0n) is 12.4. The Morgan fingerprint density at radius 2 is 1.61 bits per heavy atom.